The topological polar surface area (TPSA) is 74.0 Å². The van der Waals surface area contributed by atoms with Crippen molar-refractivity contribution < 1.29 is 19.0 Å². The summed E-state index contributed by atoms with van der Waals surface area (Å²) >= 11 is 0. The first-order valence-electron chi connectivity index (χ1n) is 6.84. The Morgan fingerprint density at radius 2 is 1.86 bits per heavy atom. The van der Waals surface area contributed by atoms with E-state index < -0.39 is 0 Å². The standard InChI is InChI=1S/C15H24N2O4/c1-19-9-8-17(7-6-16)15(18)11-12-4-5-13(20-2)14(10-12)21-3/h4-5,10H,6-9,11,16H2,1-3H3. The maximum Gasteiger partial charge on any atom is 0.227 e. The van der Waals surface area contributed by atoms with E-state index in [-0.39, 0.29) is 5.91 Å². The number of amides is 1. The molecule has 2 N–H and O–H groups in total. The number of benzene rings is 1. The van der Waals surface area contributed by atoms with E-state index in [1.807, 2.05) is 12.1 Å². The molecule has 0 saturated carbocycles. The average Bonchev–Trinajstić information content (AvgIpc) is 2.51. The van der Waals surface area contributed by atoms with Gasteiger partial charge in [0.1, 0.15) is 0 Å². The van der Waals surface area contributed by atoms with Gasteiger partial charge in [-0.3, -0.25) is 4.79 Å². The Hall–Kier alpha value is -1.79. The van der Waals surface area contributed by atoms with E-state index in [0.29, 0.717) is 44.2 Å². The van der Waals surface area contributed by atoms with Crippen LogP contribution in [-0.4, -0.2) is 58.4 Å². The van der Waals surface area contributed by atoms with Crippen LogP contribution in [0.2, 0.25) is 0 Å². The Kier molecular flexibility index (Phi) is 7.56. The van der Waals surface area contributed by atoms with Crippen molar-refractivity contribution in [3.8, 4) is 11.5 Å². The third kappa shape index (κ3) is 5.24. The fourth-order valence-corrected chi connectivity index (χ4v) is 2.00. The summed E-state index contributed by atoms with van der Waals surface area (Å²) in [6, 6.07) is 5.47. The minimum atomic E-state index is 0.0183. The van der Waals surface area contributed by atoms with Gasteiger partial charge in [-0.2, -0.15) is 0 Å². The van der Waals surface area contributed by atoms with Crippen molar-refractivity contribution in [2.24, 2.45) is 5.73 Å². The Balaban J connectivity index is 2.75. The highest BCUT2D eigenvalue weighted by Gasteiger charge is 2.14. The molecule has 0 radical (unpaired) electrons. The van der Waals surface area contributed by atoms with Gasteiger partial charge in [0.25, 0.3) is 0 Å². The van der Waals surface area contributed by atoms with Gasteiger partial charge >= 0.3 is 0 Å². The molecule has 0 heterocycles. The number of methoxy groups -OCH3 is 3. The highest BCUT2D eigenvalue weighted by molar-refractivity contribution is 5.79. The van der Waals surface area contributed by atoms with Gasteiger partial charge in [-0.15, -0.1) is 0 Å². The summed E-state index contributed by atoms with van der Waals surface area (Å²) in [5.74, 6) is 1.28. The van der Waals surface area contributed by atoms with E-state index in [0.717, 1.165) is 5.56 Å². The molecule has 1 rings (SSSR count). The van der Waals surface area contributed by atoms with E-state index in [1.54, 1.807) is 32.3 Å². The number of hydrogen-bond acceptors (Lipinski definition) is 5. The van der Waals surface area contributed by atoms with Crippen LogP contribution in [-0.2, 0) is 16.0 Å². The first-order valence-corrected chi connectivity index (χ1v) is 6.84. The third-order valence-electron chi connectivity index (χ3n) is 3.12. The second kappa shape index (κ2) is 9.20. The molecule has 1 amide bonds. The molecular weight excluding hydrogens is 272 g/mol. The molecule has 6 heteroatoms. The minimum Gasteiger partial charge on any atom is -0.493 e. The second-order valence-corrected chi connectivity index (χ2v) is 4.53. The summed E-state index contributed by atoms with van der Waals surface area (Å²) in [5, 5.41) is 0. The van der Waals surface area contributed by atoms with Crippen molar-refractivity contribution in [1.29, 1.82) is 0 Å². The fourth-order valence-electron chi connectivity index (χ4n) is 2.00. The molecule has 0 aromatic heterocycles. The van der Waals surface area contributed by atoms with Gasteiger partial charge in [-0.1, -0.05) is 6.07 Å². The lowest BCUT2D eigenvalue weighted by molar-refractivity contribution is -0.131. The van der Waals surface area contributed by atoms with Crippen LogP contribution in [0.1, 0.15) is 5.56 Å². The molecule has 0 aliphatic carbocycles. The predicted octanol–water partition coefficient (Wildman–Crippen LogP) is 0.680. The monoisotopic (exact) mass is 296 g/mol. The zero-order chi connectivity index (χ0) is 15.7. The molecule has 0 aliphatic heterocycles. The predicted molar refractivity (Wildman–Crippen MR) is 80.8 cm³/mol. The Morgan fingerprint density at radius 3 is 2.43 bits per heavy atom. The van der Waals surface area contributed by atoms with Crippen LogP contribution in [0.25, 0.3) is 0 Å². The van der Waals surface area contributed by atoms with Gasteiger partial charge in [0.2, 0.25) is 5.91 Å². The average molecular weight is 296 g/mol. The van der Waals surface area contributed by atoms with Crippen LogP contribution >= 0.6 is 0 Å². The summed E-state index contributed by atoms with van der Waals surface area (Å²) in [6.07, 6.45) is 0.296. The molecule has 1 aromatic rings. The van der Waals surface area contributed by atoms with Crippen molar-refractivity contribution in [2.75, 3.05) is 47.6 Å². The molecule has 0 spiro atoms. The van der Waals surface area contributed by atoms with Crippen molar-refractivity contribution in [3.05, 3.63) is 23.8 Å². The van der Waals surface area contributed by atoms with Gasteiger partial charge in [0.05, 0.1) is 27.2 Å². The normalized spacial score (nSPS) is 10.3. The van der Waals surface area contributed by atoms with Crippen LogP contribution in [0.4, 0.5) is 0 Å². The van der Waals surface area contributed by atoms with Crippen molar-refractivity contribution in [1.82, 2.24) is 4.90 Å². The minimum absolute atomic E-state index is 0.0183. The van der Waals surface area contributed by atoms with E-state index >= 15 is 0 Å². The Morgan fingerprint density at radius 1 is 1.14 bits per heavy atom. The maximum absolute atomic E-state index is 12.3. The molecule has 6 nitrogen and oxygen atoms in total. The lowest BCUT2D eigenvalue weighted by Gasteiger charge is -2.22. The van der Waals surface area contributed by atoms with E-state index in [2.05, 4.69) is 0 Å². The number of carbonyl (C=O) groups excluding carboxylic acids is 1. The first-order chi connectivity index (χ1) is 10.2. The molecule has 0 fully saturated rings. The SMILES string of the molecule is COCCN(CCN)C(=O)Cc1ccc(OC)c(OC)c1. The maximum atomic E-state index is 12.3. The zero-order valence-corrected chi connectivity index (χ0v) is 12.9. The van der Waals surface area contributed by atoms with Crippen molar-refractivity contribution >= 4 is 5.91 Å². The zero-order valence-electron chi connectivity index (χ0n) is 12.9. The second-order valence-electron chi connectivity index (χ2n) is 4.53. The van der Waals surface area contributed by atoms with Gasteiger partial charge in [0.15, 0.2) is 11.5 Å². The fraction of sp³-hybridized carbons (Fsp3) is 0.533. The highest BCUT2D eigenvalue weighted by Crippen LogP contribution is 2.27. The molecule has 0 bridgehead atoms. The lowest BCUT2D eigenvalue weighted by atomic mass is 10.1. The summed E-state index contributed by atoms with van der Waals surface area (Å²) in [7, 11) is 4.76. The summed E-state index contributed by atoms with van der Waals surface area (Å²) in [5.41, 5.74) is 6.42. The Bertz CT molecular complexity index is 451. The molecule has 0 aliphatic rings. The van der Waals surface area contributed by atoms with Crippen LogP contribution in [0, 0.1) is 0 Å². The number of nitrogens with two attached hydrogens (primary N) is 1. The third-order valence-corrected chi connectivity index (χ3v) is 3.12. The van der Waals surface area contributed by atoms with Gasteiger partial charge in [-0.05, 0) is 17.7 Å². The summed E-state index contributed by atoms with van der Waals surface area (Å²) < 4.78 is 15.4. The molecule has 1 aromatic carbocycles. The number of carbonyl (C=O) groups is 1. The van der Waals surface area contributed by atoms with Gasteiger partial charge in [0, 0.05) is 26.7 Å². The lowest BCUT2D eigenvalue weighted by Crippen LogP contribution is -2.38. The quantitative estimate of drug-likeness (QED) is 0.725. The number of nitrogens with zero attached hydrogens (tertiary/aromatic N) is 1. The summed E-state index contributed by atoms with van der Waals surface area (Å²) in [4.78, 5) is 14.0. The summed E-state index contributed by atoms with van der Waals surface area (Å²) in [6.45, 7) is 1.99. The molecule has 118 valence electrons. The van der Waals surface area contributed by atoms with E-state index in [4.69, 9.17) is 19.9 Å². The van der Waals surface area contributed by atoms with Crippen LogP contribution in [0.5, 0.6) is 11.5 Å². The molecule has 21 heavy (non-hydrogen) atoms. The van der Waals surface area contributed by atoms with Crippen molar-refractivity contribution in [2.45, 2.75) is 6.42 Å². The van der Waals surface area contributed by atoms with Crippen LogP contribution in [0.15, 0.2) is 18.2 Å². The number of hydrogen-bond donors (Lipinski definition) is 1. The van der Waals surface area contributed by atoms with Crippen LogP contribution < -0.4 is 15.2 Å². The number of rotatable bonds is 9. The largest absolute Gasteiger partial charge is 0.493 e. The number of ether oxygens (including phenoxy) is 3. The molecule has 0 unspecified atom stereocenters. The highest BCUT2D eigenvalue weighted by atomic mass is 16.5. The van der Waals surface area contributed by atoms with Gasteiger partial charge < -0.3 is 24.8 Å². The van der Waals surface area contributed by atoms with E-state index in [9.17, 15) is 4.79 Å². The molecule has 0 saturated heterocycles. The first kappa shape index (κ1) is 17.3. The van der Waals surface area contributed by atoms with Crippen LogP contribution in [0.3, 0.4) is 0 Å². The molecular formula is C15H24N2O4. The van der Waals surface area contributed by atoms with E-state index in [1.165, 1.54) is 0 Å². The smallest absolute Gasteiger partial charge is 0.227 e. The van der Waals surface area contributed by atoms with Gasteiger partial charge in [-0.25, -0.2) is 0 Å². The molecule has 0 atom stereocenters. The Labute approximate surface area is 125 Å². The van der Waals surface area contributed by atoms with Crippen molar-refractivity contribution in [3.63, 3.8) is 0 Å².